The summed E-state index contributed by atoms with van der Waals surface area (Å²) in [7, 11) is 0. The van der Waals surface area contributed by atoms with E-state index in [1.165, 1.54) is 0 Å². The van der Waals surface area contributed by atoms with E-state index < -0.39 is 0 Å². The highest BCUT2D eigenvalue weighted by molar-refractivity contribution is 8.01. The second-order valence-electron chi connectivity index (χ2n) is 7.68. The average Bonchev–Trinajstić information content (AvgIpc) is 3.24. The number of ether oxygens (including phenoxy) is 1. The van der Waals surface area contributed by atoms with Gasteiger partial charge in [-0.3, -0.25) is 0 Å². The van der Waals surface area contributed by atoms with Gasteiger partial charge in [-0.05, 0) is 74.1 Å². The molecule has 0 amide bonds. The lowest BCUT2D eigenvalue weighted by Gasteiger charge is -2.22. The maximum atomic E-state index is 14.2. The fraction of sp³-hybridized carbons (Fsp3) is 0.375. The molecule has 0 radical (unpaired) electrons. The van der Waals surface area contributed by atoms with Gasteiger partial charge in [-0.15, -0.1) is 10.2 Å². The Morgan fingerprint density at radius 2 is 1.94 bits per heavy atom. The van der Waals surface area contributed by atoms with Crippen LogP contribution >= 0.6 is 34.9 Å². The number of halogens is 1. The smallest absolute Gasteiger partial charge is 0.174 e. The summed E-state index contributed by atoms with van der Waals surface area (Å²) in [5.74, 6) is 0.957. The van der Waals surface area contributed by atoms with Gasteiger partial charge in [0, 0.05) is 28.8 Å². The van der Waals surface area contributed by atoms with Crippen LogP contribution in [0.25, 0.3) is 0 Å². The molecule has 1 aromatic heterocycles. The summed E-state index contributed by atoms with van der Waals surface area (Å²) in [6, 6.07) is 13.5. The van der Waals surface area contributed by atoms with Crippen LogP contribution in [0.1, 0.15) is 41.8 Å². The van der Waals surface area contributed by atoms with Gasteiger partial charge in [0.25, 0.3) is 0 Å². The lowest BCUT2D eigenvalue weighted by Crippen LogP contribution is -2.14. The average molecular weight is 504 g/mol. The van der Waals surface area contributed by atoms with E-state index in [0.717, 1.165) is 67.8 Å². The summed E-state index contributed by atoms with van der Waals surface area (Å²) >= 11 is 4.77. The number of thioether (sulfide) groups is 1. The van der Waals surface area contributed by atoms with Crippen molar-refractivity contribution < 1.29 is 14.0 Å². The molecule has 0 N–H and O–H groups in total. The number of hydrogen-bond donors (Lipinski definition) is 0. The Bertz CT molecular complexity index is 1080. The van der Waals surface area contributed by atoms with E-state index in [0.29, 0.717) is 12.5 Å². The molecule has 174 valence electrons. The van der Waals surface area contributed by atoms with Crippen molar-refractivity contribution in [1.82, 2.24) is 10.2 Å². The van der Waals surface area contributed by atoms with Gasteiger partial charge >= 0.3 is 0 Å². The largest absolute Gasteiger partial charge is 0.395 e. The van der Waals surface area contributed by atoms with Crippen LogP contribution in [0.2, 0.25) is 0 Å². The molecule has 0 spiro atoms. The number of benzene rings is 2. The molecule has 3 aromatic rings. The van der Waals surface area contributed by atoms with Gasteiger partial charge in [0.1, 0.15) is 17.4 Å². The van der Waals surface area contributed by atoms with Crippen LogP contribution in [0.15, 0.2) is 61.8 Å². The Labute approximate surface area is 206 Å². The molecule has 0 bridgehead atoms. The first kappa shape index (κ1) is 24.2. The van der Waals surface area contributed by atoms with Gasteiger partial charge in [0.05, 0.1) is 5.71 Å². The molecule has 1 aliphatic rings. The van der Waals surface area contributed by atoms with Crippen LogP contribution in [-0.4, -0.2) is 41.5 Å². The summed E-state index contributed by atoms with van der Waals surface area (Å²) < 4.78 is 20.6. The third-order valence-corrected chi connectivity index (χ3v) is 8.12. The highest BCUT2D eigenvalue weighted by Gasteiger charge is 2.17. The van der Waals surface area contributed by atoms with Gasteiger partial charge in [-0.1, -0.05) is 52.1 Å². The van der Waals surface area contributed by atoms with Gasteiger partial charge in [0.15, 0.2) is 4.34 Å². The third kappa shape index (κ3) is 7.27. The number of oxime groups is 1. The minimum absolute atomic E-state index is 0.183. The maximum absolute atomic E-state index is 14.2. The zero-order valence-corrected chi connectivity index (χ0v) is 21.1. The van der Waals surface area contributed by atoms with E-state index in [1.54, 1.807) is 47.0 Å². The van der Waals surface area contributed by atoms with Crippen molar-refractivity contribution in [3.8, 4) is 0 Å². The molecule has 2 heterocycles. The summed E-state index contributed by atoms with van der Waals surface area (Å²) in [5, 5.41) is 13.3. The van der Waals surface area contributed by atoms with E-state index in [2.05, 4.69) is 21.4 Å². The Morgan fingerprint density at radius 3 is 2.67 bits per heavy atom. The van der Waals surface area contributed by atoms with Crippen molar-refractivity contribution in [2.24, 2.45) is 5.16 Å². The highest BCUT2D eigenvalue weighted by atomic mass is 32.2. The molecular weight excluding hydrogens is 477 g/mol. The summed E-state index contributed by atoms with van der Waals surface area (Å²) in [4.78, 5) is 7.43. The molecule has 5 nitrogen and oxygen atoms in total. The van der Waals surface area contributed by atoms with Crippen molar-refractivity contribution in [3.05, 3.63) is 64.4 Å². The summed E-state index contributed by atoms with van der Waals surface area (Å²) in [6.07, 6.45) is 1.90. The van der Waals surface area contributed by atoms with Crippen LogP contribution < -0.4 is 0 Å². The van der Waals surface area contributed by atoms with Crippen LogP contribution in [-0.2, 0) is 9.57 Å². The molecule has 1 fully saturated rings. The van der Waals surface area contributed by atoms with E-state index in [9.17, 15) is 4.39 Å². The van der Waals surface area contributed by atoms with Crippen molar-refractivity contribution in [1.29, 1.82) is 0 Å². The molecule has 4 rings (SSSR count). The number of hydrogen-bond acceptors (Lipinski definition) is 8. The standard InChI is InChI=1S/C24H26FN3O2S3/c1-16(28-30-11-12-31-24-27-26-17(2)32-24)18-3-5-22(6-4-18)33-23-14-20(13-21(25)15-23)19-7-9-29-10-8-19/h3-6,13-15,19H,7-12H2,1-2H3/b28-16+. The fourth-order valence-corrected chi connectivity index (χ4v) is 6.11. The van der Waals surface area contributed by atoms with Crippen molar-refractivity contribution >= 4 is 40.6 Å². The SMILES string of the molecule is C/C(=N\OCCSc1nnc(C)s1)c1ccc(Sc2cc(F)cc(C3CCOCC3)c2)cc1. The minimum atomic E-state index is -0.183. The first-order valence-electron chi connectivity index (χ1n) is 10.8. The maximum Gasteiger partial charge on any atom is 0.174 e. The minimum Gasteiger partial charge on any atom is -0.395 e. The van der Waals surface area contributed by atoms with Gasteiger partial charge in [-0.2, -0.15) is 0 Å². The number of aryl methyl sites for hydroxylation is 1. The van der Waals surface area contributed by atoms with Crippen molar-refractivity contribution in [3.63, 3.8) is 0 Å². The molecular formula is C24H26FN3O2S3. The fourth-order valence-electron chi connectivity index (χ4n) is 3.51. The molecule has 1 saturated heterocycles. The van der Waals surface area contributed by atoms with Gasteiger partial charge in [-0.25, -0.2) is 4.39 Å². The number of rotatable bonds is 9. The molecule has 9 heteroatoms. The molecule has 0 unspecified atom stereocenters. The summed E-state index contributed by atoms with van der Waals surface area (Å²) in [5.41, 5.74) is 2.88. The second kappa shape index (κ2) is 12.0. The predicted molar refractivity (Wildman–Crippen MR) is 133 cm³/mol. The van der Waals surface area contributed by atoms with Crippen LogP contribution in [0.3, 0.4) is 0 Å². The van der Waals surface area contributed by atoms with Crippen LogP contribution in [0.4, 0.5) is 4.39 Å². The predicted octanol–water partition coefficient (Wildman–Crippen LogP) is 6.56. The van der Waals surface area contributed by atoms with Gasteiger partial charge < -0.3 is 9.57 Å². The first-order valence-corrected chi connectivity index (χ1v) is 13.4. The van der Waals surface area contributed by atoms with Crippen molar-refractivity contribution in [2.75, 3.05) is 25.6 Å². The van der Waals surface area contributed by atoms with E-state index in [4.69, 9.17) is 9.57 Å². The van der Waals surface area contributed by atoms with Crippen LogP contribution in [0, 0.1) is 12.7 Å². The quantitative estimate of drug-likeness (QED) is 0.143. The third-order valence-electron chi connectivity index (χ3n) is 5.20. The summed E-state index contributed by atoms with van der Waals surface area (Å²) in [6.45, 7) is 5.87. The van der Waals surface area contributed by atoms with Crippen LogP contribution in [0.5, 0.6) is 0 Å². The molecule has 1 aliphatic heterocycles. The number of nitrogens with zero attached hydrogens (tertiary/aromatic N) is 3. The highest BCUT2D eigenvalue weighted by Crippen LogP contribution is 2.34. The molecule has 2 aromatic carbocycles. The lowest BCUT2D eigenvalue weighted by molar-refractivity contribution is 0.0852. The molecule has 0 atom stereocenters. The molecule has 0 saturated carbocycles. The van der Waals surface area contributed by atoms with Gasteiger partial charge in [0.2, 0.25) is 0 Å². The first-order chi connectivity index (χ1) is 16.1. The number of aromatic nitrogens is 2. The zero-order chi connectivity index (χ0) is 23.0. The second-order valence-corrected chi connectivity index (χ2v) is 11.3. The Balaban J connectivity index is 1.30. The monoisotopic (exact) mass is 503 g/mol. The molecule has 33 heavy (non-hydrogen) atoms. The topological polar surface area (TPSA) is 56.6 Å². The normalized spacial score (nSPS) is 15.1. The Kier molecular flexibility index (Phi) is 8.77. The van der Waals surface area contributed by atoms with E-state index in [-0.39, 0.29) is 5.82 Å². The molecule has 0 aliphatic carbocycles. The zero-order valence-electron chi connectivity index (χ0n) is 18.6. The van der Waals surface area contributed by atoms with Crippen molar-refractivity contribution in [2.45, 2.75) is 46.7 Å². The lowest BCUT2D eigenvalue weighted by atomic mass is 9.92. The van der Waals surface area contributed by atoms with E-state index >= 15 is 0 Å². The Hall–Kier alpha value is -1.94. The van der Waals surface area contributed by atoms with E-state index in [1.807, 2.05) is 38.1 Å². The Morgan fingerprint density at radius 1 is 1.15 bits per heavy atom.